The van der Waals surface area contributed by atoms with E-state index in [2.05, 4.69) is 0 Å². The third-order valence-electron chi connectivity index (χ3n) is 1.94. The van der Waals surface area contributed by atoms with Gasteiger partial charge in [-0.25, -0.2) is 0 Å². The average molecular weight is 211 g/mol. The Morgan fingerprint density at radius 2 is 2.00 bits per heavy atom. The van der Waals surface area contributed by atoms with Crippen molar-refractivity contribution in [3.8, 4) is 0 Å². The van der Waals surface area contributed by atoms with Gasteiger partial charge in [0.05, 0.1) is 12.0 Å². The van der Waals surface area contributed by atoms with Crippen LogP contribution < -0.4 is 0 Å². The number of ether oxygens (including phenoxy) is 1. The maximum Gasteiger partial charge on any atom is 0.311 e. The van der Waals surface area contributed by atoms with Gasteiger partial charge in [-0.1, -0.05) is 13.3 Å². The number of hydrogen-bond acceptors (Lipinski definition) is 2. The SMILES string of the molecule is CCCC(C)(COCC)C(=O)O.Cl. The van der Waals surface area contributed by atoms with E-state index in [0.29, 0.717) is 19.6 Å². The molecule has 0 amide bonds. The summed E-state index contributed by atoms with van der Waals surface area (Å²) in [5, 5.41) is 8.91. The summed E-state index contributed by atoms with van der Waals surface area (Å²) in [7, 11) is 0. The molecule has 0 spiro atoms. The summed E-state index contributed by atoms with van der Waals surface area (Å²) in [5.74, 6) is -0.766. The van der Waals surface area contributed by atoms with Crippen LogP contribution >= 0.6 is 12.4 Å². The molecule has 4 heteroatoms. The highest BCUT2D eigenvalue weighted by atomic mass is 35.5. The molecule has 0 aromatic rings. The fraction of sp³-hybridized carbons (Fsp3) is 0.889. The highest BCUT2D eigenvalue weighted by Crippen LogP contribution is 2.23. The van der Waals surface area contributed by atoms with Crippen LogP contribution in [0.15, 0.2) is 0 Å². The van der Waals surface area contributed by atoms with Crippen LogP contribution in [0.25, 0.3) is 0 Å². The molecular weight excluding hydrogens is 192 g/mol. The molecule has 0 aliphatic carbocycles. The van der Waals surface area contributed by atoms with Crippen LogP contribution in [0.4, 0.5) is 0 Å². The lowest BCUT2D eigenvalue weighted by Gasteiger charge is -2.23. The first-order valence-corrected chi connectivity index (χ1v) is 4.38. The van der Waals surface area contributed by atoms with Crippen LogP contribution in [0.2, 0.25) is 0 Å². The van der Waals surface area contributed by atoms with Crippen LogP contribution in [0, 0.1) is 5.41 Å². The van der Waals surface area contributed by atoms with Crippen molar-refractivity contribution in [3.63, 3.8) is 0 Å². The van der Waals surface area contributed by atoms with Crippen LogP contribution in [0.1, 0.15) is 33.6 Å². The lowest BCUT2D eigenvalue weighted by Crippen LogP contribution is -2.32. The average Bonchev–Trinajstić information content (AvgIpc) is 2.01. The molecule has 0 radical (unpaired) electrons. The van der Waals surface area contributed by atoms with Crippen LogP contribution in [-0.4, -0.2) is 24.3 Å². The van der Waals surface area contributed by atoms with Crippen LogP contribution in [0.3, 0.4) is 0 Å². The fourth-order valence-corrected chi connectivity index (χ4v) is 1.12. The summed E-state index contributed by atoms with van der Waals surface area (Å²) in [6.45, 7) is 6.47. The standard InChI is InChI=1S/C9H18O3.ClH/c1-4-6-9(3,8(10)11)7-12-5-2;/h4-7H2,1-3H3,(H,10,11);1H. The van der Waals surface area contributed by atoms with Gasteiger partial charge in [-0.15, -0.1) is 12.4 Å². The molecule has 0 bridgehead atoms. The maximum absolute atomic E-state index is 10.8. The minimum Gasteiger partial charge on any atom is -0.481 e. The van der Waals surface area contributed by atoms with Gasteiger partial charge in [0.25, 0.3) is 0 Å². The van der Waals surface area contributed by atoms with E-state index in [1.54, 1.807) is 6.92 Å². The third kappa shape index (κ3) is 5.11. The number of carbonyl (C=O) groups is 1. The molecule has 0 saturated carbocycles. The monoisotopic (exact) mass is 210 g/mol. The Morgan fingerprint density at radius 3 is 2.31 bits per heavy atom. The van der Waals surface area contributed by atoms with Gasteiger partial charge in [-0.3, -0.25) is 4.79 Å². The van der Waals surface area contributed by atoms with Crippen molar-refractivity contribution in [1.29, 1.82) is 0 Å². The van der Waals surface area contributed by atoms with Gasteiger partial charge < -0.3 is 9.84 Å². The van der Waals surface area contributed by atoms with E-state index in [4.69, 9.17) is 9.84 Å². The van der Waals surface area contributed by atoms with Crippen LogP contribution in [0.5, 0.6) is 0 Å². The lowest BCUT2D eigenvalue weighted by atomic mass is 9.87. The summed E-state index contributed by atoms with van der Waals surface area (Å²) in [6.07, 6.45) is 1.54. The molecule has 0 saturated heterocycles. The minimum absolute atomic E-state index is 0. The molecule has 1 atom stereocenters. The second kappa shape index (κ2) is 7.15. The molecule has 0 aromatic heterocycles. The van der Waals surface area contributed by atoms with Crippen molar-refractivity contribution >= 4 is 18.4 Å². The van der Waals surface area contributed by atoms with Crippen molar-refractivity contribution in [3.05, 3.63) is 0 Å². The predicted molar refractivity (Wildman–Crippen MR) is 54.4 cm³/mol. The zero-order valence-corrected chi connectivity index (χ0v) is 9.32. The second-order valence-electron chi connectivity index (χ2n) is 3.25. The number of halogens is 1. The van der Waals surface area contributed by atoms with Gasteiger partial charge in [0, 0.05) is 6.61 Å². The molecule has 0 aromatic carbocycles. The highest BCUT2D eigenvalue weighted by Gasteiger charge is 2.32. The van der Waals surface area contributed by atoms with Crippen molar-refractivity contribution < 1.29 is 14.6 Å². The normalized spacial score (nSPS) is 14.4. The van der Waals surface area contributed by atoms with Gasteiger partial charge in [0.2, 0.25) is 0 Å². The second-order valence-corrected chi connectivity index (χ2v) is 3.25. The van der Waals surface area contributed by atoms with Crippen molar-refractivity contribution in [1.82, 2.24) is 0 Å². The van der Waals surface area contributed by atoms with E-state index in [-0.39, 0.29) is 12.4 Å². The van der Waals surface area contributed by atoms with Crippen molar-refractivity contribution in [2.45, 2.75) is 33.6 Å². The Hall–Kier alpha value is -0.280. The Labute approximate surface area is 85.9 Å². The smallest absolute Gasteiger partial charge is 0.311 e. The highest BCUT2D eigenvalue weighted by molar-refractivity contribution is 5.85. The number of rotatable bonds is 6. The van der Waals surface area contributed by atoms with E-state index in [9.17, 15) is 4.79 Å². The summed E-state index contributed by atoms with van der Waals surface area (Å²) < 4.78 is 5.13. The Bertz CT molecular complexity index is 150. The zero-order valence-electron chi connectivity index (χ0n) is 8.50. The van der Waals surface area contributed by atoms with E-state index >= 15 is 0 Å². The minimum atomic E-state index is -0.766. The Morgan fingerprint density at radius 1 is 1.46 bits per heavy atom. The molecular formula is C9H19ClO3. The maximum atomic E-state index is 10.8. The quantitative estimate of drug-likeness (QED) is 0.732. The third-order valence-corrected chi connectivity index (χ3v) is 1.94. The van der Waals surface area contributed by atoms with Gasteiger partial charge in [0.15, 0.2) is 0 Å². The number of carboxylic acid groups (broad SMARTS) is 1. The first-order chi connectivity index (χ1) is 5.56. The Balaban J connectivity index is 0. The summed E-state index contributed by atoms with van der Waals surface area (Å²) >= 11 is 0. The number of aliphatic carboxylic acids is 1. The van der Waals surface area contributed by atoms with Gasteiger partial charge >= 0.3 is 5.97 Å². The van der Waals surface area contributed by atoms with Gasteiger partial charge in [0.1, 0.15) is 0 Å². The van der Waals surface area contributed by atoms with E-state index in [0.717, 1.165) is 6.42 Å². The molecule has 0 aliphatic heterocycles. The molecule has 0 heterocycles. The Kier molecular flexibility index (Phi) is 8.37. The molecule has 0 fully saturated rings. The molecule has 13 heavy (non-hydrogen) atoms. The van der Waals surface area contributed by atoms with Gasteiger partial charge in [-0.2, -0.15) is 0 Å². The fourth-order valence-electron chi connectivity index (χ4n) is 1.12. The van der Waals surface area contributed by atoms with E-state index < -0.39 is 11.4 Å². The summed E-state index contributed by atoms with van der Waals surface area (Å²) in [4.78, 5) is 10.8. The first-order valence-electron chi connectivity index (χ1n) is 4.38. The molecule has 0 rings (SSSR count). The van der Waals surface area contributed by atoms with Crippen molar-refractivity contribution in [2.75, 3.05) is 13.2 Å². The van der Waals surface area contributed by atoms with Crippen molar-refractivity contribution in [2.24, 2.45) is 5.41 Å². The molecule has 0 aliphatic rings. The molecule has 1 unspecified atom stereocenters. The molecule has 80 valence electrons. The molecule has 1 N–H and O–H groups in total. The van der Waals surface area contributed by atoms with Gasteiger partial charge in [-0.05, 0) is 20.3 Å². The van der Waals surface area contributed by atoms with E-state index in [1.807, 2.05) is 13.8 Å². The predicted octanol–water partition coefficient (Wildman–Crippen LogP) is 2.34. The zero-order chi connectivity index (χ0) is 9.61. The number of carboxylic acids is 1. The summed E-state index contributed by atoms with van der Waals surface area (Å²) in [6, 6.07) is 0. The molecule has 3 nitrogen and oxygen atoms in total. The largest absolute Gasteiger partial charge is 0.481 e. The first kappa shape index (κ1) is 15.2. The topological polar surface area (TPSA) is 46.5 Å². The number of hydrogen-bond donors (Lipinski definition) is 1. The van der Waals surface area contributed by atoms with E-state index in [1.165, 1.54) is 0 Å². The van der Waals surface area contributed by atoms with Crippen LogP contribution in [-0.2, 0) is 9.53 Å². The lowest BCUT2D eigenvalue weighted by molar-refractivity contribution is -0.152. The summed E-state index contributed by atoms with van der Waals surface area (Å²) in [5.41, 5.74) is -0.704.